The van der Waals surface area contributed by atoms with Gasteiger partial charge >= 0.3 is 5.97 Å². The summed E-state index contributed by atoms with van der Waals surface area (Å²) in [5.41, 5.74) is 0.675. The zero-order valence-corrected chi connectivity index (χ0v) is 17.3. The minimum Gasteiger partial charge on any atom is -0.480 e. The van der Waals surface area contributed by atoms with E-state index in [-0.39, 0.29) is 12.5 Å². The minimum atomic E-state index is -1.01. The van der Waals surface area contributed by atoms with E-state index < -0.39 is 5.97 Å². The van der Waals surface area contributed by atoms with Crippen LogP contribution >= 0.6 is 11.3 Å². The molecule has 2 aromatic carbocycles. The Balaban J connectivity index is 1.59. The number of rotatable bonds is 6. The van der Waals surface area contributed by atoms with Gasteiger partial charge in [-0.3, -0.25) is 9.59 Å². The van der Waals surface area contributed by atoms with Crippen LogP contribution in [-0.4, -0.2) is 54.2 Å². The van der Waals surface area contributed by atoms with Gasteiger partial charge in [0.1, 0.15) is 11.4 Å². The molecule has 3 aromatic rings. The van der Waals surface area contributed by atoms with Crippen LogP contribution in [0.3, 0.4) is 0 Å². The summed E-state index contributed by atoms with van der Waals surface area (Å²) in [6.45, 7) is 4.17. The number of thiazole rings is 1. The molecule has 9 heteroatoms. The highest BCUT2D eigenvalue weighted by atomic mass is 32.1. The molecule has 0 spiro atoms. The van der Waals surface area contributed by atoms with Gasteiger partial charge in [0.25, 0.3) is 5.91 Å². The van der Waals surface area contributed by atoms with Crippen molar-refractivity contribution in [1.29, 1.82) is 0 Å². The number of carboxylic acids is 1. The van der Waals surface area contributed by atoms with E-state index >= 15 is 0 Å². The highest BCUT2D eigenvalue weighted by molar-refractivity contribution is 7.18. The molecular formula is C21H23N5O3S. The number of aromatic nitrogens is 1. The van der Waals surface area contributed by atoms with E-state index in [4.69, 9.17) is 5.11 Å². The fourth-order valence-electron chi connectivity index (χ4n) is 3.44. The lowest BCUT2D eigenvalue weighted by Gasteiger charge is -2.31. The lowest BCUT2D eigenvalue weighted by atomic mass is 10.1. The summed E-state index contributed by atoms with van der Waals surface area (Å²) >= 11 is 1.27. The predicted octanol–water partition coefficient (Wildman–Crippen LogP) is 2.84. The second-order valence-corrected chi connectivity index (χ2v) is 8.22. The highest BCUT2D eigenvalue weighted by Crippen LogP contribution is 2.31. The van der Waals surface area contributed by atoms with Crippen LogP contribution in [0.25, 0.3) is 10.8 Å². The van der Waals surface area contributed by atoms with E-state index in [9.17, 15) is 9.59 Å². The summed E-state index contributed by atoms with van der Waals surface area (Å²) < 4.78 is 0. The molecule has 0 aliphatic carbocycles. The highest BCUT2D eigenvalue weighted by Gasteiger charge is 2.24. The second kappa shape index (κ2) is 8.68. The molecule has 1 saturated heterocycles. The lowest BCUT2D eigenvalue weighted by molar-refractivity contribution is -0.134. The molecule has 0 radical (unpaired) electrons. The first kappa shape index (κ1) is 20.1. The lowest BCUT2D eigenvalue weighted by Crippen LogP contribution is -2.49. The van der Waals surface area contributed by atoms with Crippen molar-refractivity contribution in [3.05, 3.63) is 47.3 Å². The Morgan fingerprint density at radius 2 is 2.07 bits per heavy atom. The number of benzene rings is 2. The third-order valence-corrected chi connectivity index (χ3v) is 5.99. The second-order valence-electron chi connectivity index (χ2n) is 7.24. The molecule has 1 aliphatic rings. The quantitative estimate of drug-likeness (QED) is 0.481. The van der Waals surface area contributed by atoms with E-state index in [1.165, 1.54) is 11.3 Å². The molecular weight excluding hydrogens is 402 g/mol. The van der Waals surface area contributed by atoms with Gasteiger partial charge in [0.15, 0.2) is 10.9 Å². The molecule has 1 amide bonds. The first-order valence-electron chi connectivity index (χ1n) is 9.74. The Bertz CT molecular complexity index is 1080. The topological polar surface area (TPSA) is 107 Å². The van der Waals surface area contributed by atoms with Crippen LogP contribution in [-0.2, 0) is 4.79 Å². The molecule has 30 heavy (non-hydrogen) atoms. The monoisotopic (exact) mass is 425 g/mol. The maximum absolute atomic E-state index is 13.0. The van der Waals surface area contributed by atoms with Gasteiger partial charge in [-0.05, 0) is 29.8 Å². The minimum absolute atomic E-state index is 0.293. The summed E-state index contributed by atoms with van der Waals surface area (Å²) in [7, 11) is 0. The van der Waals surface area contributed by atoms with E-state index in [0.29, 0.717) is 27.6 Å². The number of carboxylic acid groups (broad SMARTS) is 1. The fourth-order valence-corrected chi connectivity index (χ4v) is 4.41. The van der Waals surface area contributed by atoms with Crippen LogP contribution in [0.1, 0.15) is 16.6 Å². The number of hydrogen-bond donors (Lipinski definition) is 4. The van der Waals surface area contributed by atoms with Crippen LogP contribution in [0.4, 0.5) is 16.6 Å². The van der Waals surface area contributed by atoms with Crippen molar-refractivity contribution in [1.82, 2.24) is 10.3 Å². The maximum atomic E-state index is 13.0. The number of carbonyl (C=O) groups is 2. The molecule has 4 rings (SSSR count). The molecule has 1 fully saturated rings. The van der Waals surface area contributed by atoms with E-state index in [1.807, 2.05) is 42.5 Å². The summed E-state index contributed by atoms with van der Waals surface area (Å²) in [5.74, 6) is -1.03. The fraction of sp³-hybridized carbons (Fsp3) is 0.286. The molecule has 156 valence electrons. The molecule has 4 N–H and O–H groups in total. The molecule has 0 saturated carbocycles. The van der Waals surface area contributed by atoms with Crippen molar-refractivity contribution in [2.75, 3.05) is 41.7 Å². The zero-order chi connectivity index (χ0) is 21.1. The first-order chi connectivity index (χ1) is 14.5. The number of aliphatic carboxylic acids is 1. The van der Waals surface area contributed by atoms with Crippen molar-refractivity contribution < 1.29 is 14.7 Å². The SMILES string of the molecule is CC1CN(c2nc(NCC(=O)O)c(C(=O)Nc3ccc4ccccc4c3)s2)CCN1. The molecule has 2 heterocycles. The predicted molar refractivity (Wildman–Crippen MR) is 120 cm³/mol. The normalized spacial score (nSPS) is 16.4. The number of hydrogen-bond acceptors (Lipinski definition) is 7. The number of nitrogens with zero attached hydrogens (tertiary/aromatic N) is 2. The number of amides is 1. The van der Waals surface area contributed by atoms with Crippen LogP contribution in [0.15, 0.2) is 42.5 Å². The zero-order valence-electron chi connectivity index (χ0n) is 16.5. The van der Waals surface area contributed by atoms with Crippen LogP contribution < -0.4 is 20.9 Å². The van der Waals surface area contributed by atoms with Crippen LogP contribution in [0.2, 0.25) is 0 Å². The number of fused-ring (bicyclic) bond motifs is 1. The van der Waals surface area contributed by atoms with Crippen LogP contribution in [0.5, 0.6) is 0 Å². The van der Waals surface area contributed by atoms with Gasteiger partial charge in [-0.2, -0.15) is 0 Å². The Labute approximate surface area is 177 Å². The Kier molecular flexibility index (Phi) is 5.82. The summed E-state index contributed by atoms with van der Waals surface area (Å²) in [4.78, 5) is 31.0. The molecule has 1 atom stereocenters. The van der Waals surface area contributed by atoms with Crippen molar-refractivity contribution in [3.8, 4) is 0 Å². The van der Waals surface area contributed by atoms with E-state index in [1.54, 1.807) is 0 Å². The van der Waals surface area contributed by atoms with Gasteiger partial charge in [-0.15, -0.1) is 0 Å². The van der Waals surface area contributed by atoms with Crippen molar-refractivity contribution in [2.24, 2.45) is 0 Å². The molecule has 1 unspecified atom stereocenters. The smallest absolute Gasteiger partial charge is 0.322 e. The third-order valence-electron chi connectivity index (χ3n) is 4.88. The molecule has 1 aromatic heterocycles. The Morgan fingerprint density at radius 1 is 1.27 bits per heavy atom. The van der Waals surface area contributed by atoms with Gasteiger partial charge in [0, 0.05) is 31.4 Å². The molecule has 1 aliphatic heterocycles. The van der Waals surface area contributed by atoms with Crippen molar-refractivity contribution in [3.63, 3.8) is 0 Å². The van der Waals surface area contributed by atoms with E-state index in [2.05, 4.69) is 32.8 Å². The third kappa shape index (κ3) is 4.52. The summed E-state index contributed by atoms with van der Waals surface area (Å²) in [6.07, 6.45) is 0. The van der Waals surface area contributed by atoms with Gasteiger partial charge in [-0.1, -0.05) is 41.7 Å². The van der Waals surface area contributed by atoms with Crippen LogP contribution in [0, 0.1) is 0 Å². The largest absolute Gasteiger partial charge is 0.480 e. The molecule has 0 bridgehead atoms. The van der Waals surface area contributed by atoms with Gasteiger partial charge in [-0.25, -0.2) is 4.98 Å². The van der Waals surface area contributed by atoms with E-state index in [0.717, 1.165) is 30.4 Å². The summed E-state index contributed by atoms with van der Waals surface area (Å²) in [5, 5.41) is 20.9. The number of anilines is 3. The van der Waals surface area contributed by atoms with Crippen molar-refractivity contribution >= 4 is 50.6 Å². The Morgan fingerprint density at radius 3 is 2.83 bits per heavy atom. The number of carbonyl (C=O) groups excluding carboxylic acids is 1. The molecule has 8 nitrogen and oxygen atoms in total. The average Bonchev–Trinajstić information content (AvgIpc) is 3.17. The average molecular weight is 426 g/mol. The van der Waals surface area contributed by atoms with Crippen molar-refractivity contribution in [2.45, 2.75) is 13.0 Å². The van der Waals surface area contributed by atoms with Gasteiger partial charge in [0.05, 0.1) is 0 Å². The van der Waals surface area contributed by atoms with Gasteiger partial charge in [0.2, 0.25) is 0 Å². The van der Waals surface area contributed by atoms with Gasteiger partial charge < -0.3 is 26.0 Å². The number of piperazine rings is 1. The Hall–Kier alpha value is -3.17. The first-order valence-corrected chi connectivity index (χ1v) is 10.6. The maximum Gasteiger partial charge on any atom is 0.322 e. The summed E-state index contributed by atoms with van der Waals surface area (Å²) in [6, 6.07) is 14.0. The standard InChI is InChI=1S/C21H23N5O3S/c1-13-12-26(9-8-22-13)21-25-19(23-11-17(27)28)18(30-21)20(29)24-16-7-6-14-4-2-3-5-15(14)10-16/h2-7,10,13,22-23H,8-9,11-12H2,1H3,(H,24,29)(H,27,28). The number of nitrogens with one attached hydrogen (secondary N) is 3.